The van der Waals surface area contributed by atoms with Gasteiger partial charge in [0.05, 0.1) is 10.6 Å². The van der Waals surface area contributed by atoms with E-state index in [4.69, 9.17) is 9.73 Å². The third kappa shape index (κ3) is 2.75. The minimum absolute atomic E-state index is 0.0141. The van der Waals surface area contributed by atoms with E-state index in [1.54, 1.807) is 0 Å². The molecule has 0 saturated carbocycles. The summed E-state index contributed by atoms with van der Waals surface area (Å²) >= 11 is 1.42. The normalized spacial score (nSPS) is 23.4. The molecule has 4 nitrogen and oxygen atoms in total. The van der Waals surface area contributed by atoms with Crippen molar-refractivity contribution >= 4 is 23.5 Å². The van der Waals surface area contributed by atoms with Gasteiger partial charge in [0.15, 0.2) is 4.80 Å². The lowest BCUT2D eigenvalue weighted by Gasteiger charge is -2.39. The topological polar surface area (TPSA) is 43.6 Å². The van der Waals surface area contributed by atoms with Crippen molar-refractivity contribution in [2.45, 2.75) is 25.1 Å². The SMILES string of the molecule is CC12CC(c3ccccc3O1)n1c(sc(=CC=Cc3ccccc3)c1=O)=N2. The molecule has 1 aromatic heterocycles. The first kappa shape index (κ1) is 16.3. The van der Waals surface area contributed by atoms with Gasteiger partial charge < -0.3 is 4.74 Å². The molecule has 0 aliphatic carbocycles. The molecule has 0 fully saturated rings. The summed E-state index contributed by atoms with van der Waals surface area (Å²) in [6, 6.07) is 17.9. The first-order valence-corrected chi connectivity index (χ1v) is 9.77. The summed E-state index contributed by atoms with van der Waals surface area (Å²) in [4.78, 5) is 18.6. The molecule has 2 atom stereocenters. The Morgan fingerprint density at radius 3 is 2.81 bits per heavy atom. The standard InChI is InChI=1S/C22H18N2O2S/c1-22-14-17(16-11-5-6-12-18(16)26-22)24-20(25)19(27-21(24)23-22)13-7-10-15-8-3-2-4-9-15/h2-13,17H,14H2,1H3. The first-order chi connectivity index (χ1) is 13.1. The molecule has 5 heteroatoms. The van der Waals surface area contributed by atoms with Crippen molar-refractivity contribution < 1.29 is 4.74 Å². The zero-order valence-electron chi connectivity index (χ0n) is 14.8. The second-order valence-electron chi connectivity index (χ2n) is 7.01. The number of fused-ring (bicyclic) bond motifs is 6. The number of thiazole rings is 1. The molecule has 2 aliphatic rings. The first-order valence-electron chi connectivity index (χ1n) is 8.96. The highest BCUT2D eigenvalue weighted by molar-refractivity contribution is 7.07. The number of para-hydroxylation sites is 1. The van der Waals surface area contributed by atoms with Crippen molar-refractivity contribution in [1.29, 1.82) is 0 Å². The van der Waals surface area contributed by atoms with Gasteiger partial charge in [0.2, 0.25) is 5.72 Å². The molecule has 2 aliphatic heterocycles. The predicted octanol–water partition coefficient (Wildman–Crippen LogP) is 3.13. The van der Waals surface area contributed by atoms with Crippen LogP contribution in [-0.4, -0.2) is 10.3 Å². The largest absolute Gasteiger partial charge is 0.466 e. The zero-order valence-corrected chi connectivity index (χ0v) is 15.6. The van der Waals surface area contributed by atoms with Crippen LogP contribution in [0.3, 0.4) is 0 Å². The maximum atomic E-state index is 13.1. The molecule has 2 unspecified atom stereocenters. The van der Waals surface area contributed by atoms with Gasteiger partial charge in [-0.2, -0.15) is 0 Å². The summed E-state index contributed by atoms with van der Waals surface area (Å²) in [6.45, 7) is 1.99. The van der Waals surface area contributed by atoms with Gasteiger partial charge in [0, 0.05) is 12.0 Å². The van der Waals surface area contributed by atoms with Crippen molar-refractivity contribution in [3.05, 3.63) is 91.5 Å². The van der Waals surface area contributed by atoms with Gasteiger partial charge in [-0.05, 0) is 24.6 Å². The molecule has 134 valence electrons. The Hall–Kier alpha value is -2.92. The van der Waals surface area contributed by atoms with Crippen LogP contribution in [0.2, 0.25) is 0 Å². The maximum absolute atomic E-state index is 13.1. The Bertz CT molecular complexity index is 1220. The smallest absolute Gasteiger partial charge is 0.270 e. The summed E-state index contributed by atoms with van der Waals surface area (Å²) in [5.41, 5.74) is 1.55. The maximum Gasteiger partial charge on any atom is 0.270 e. The van der Waals surface area contributed by atoms with Crippen LogP contribution in [-0.2, 0) is 0 Å². The van der Waals surface area contributed by atoms with E-state index in [-0.39, 0.29) is 11.6 Å². The number of allylic oxidation sites excluding steroid dienone is 1. The van der Waals surface area contributed by atoms with E-state index in [2.05, 4.69) is 0 Å². The van der Waals surface area contributed by atoms with Gasteiger partial charge >= 0.3 is 0 Å². The van der Waals surface area contributed by atoms with Crippen molar-refractivity contribution in [3.63, 3.8) is 0 Å². The Morgan fingerprint density at radius 2 is 1.96 bits per heavy atom. The van der Waals surface area contributed by atoms with Gasteiger partial charge in [-0.15, -0.1) is 0 Å². The van der Waals surface area contributed by atoms with E-state index in [1.165, 1.54) is 11.3 Å². The summed E-state index contributed by atoms with van der Waals surface area (Å²) in [7, 11) is 0. The van der Waals surface area contributed by atoms with Gasteiger partial charge in [0.1, 0.15) is 5.75 Å². The summed E-state index contributed by atoms with van der Waals surface area (Å²) < 4.78 is 8.65. The molecule has 27 heavy (non-hydrogen) atoms. The quantitative estimate of drug-likeness (QED) is 0.692. The van der Waals surface area contributed by atoms with Gasteiger partial charge in [-0.1, -0.05) is 72.0 Å². The highest BCUT2D eigenvalue weighted by Gasteiger charge is 2.42. The molecule has 0 amide bonds. The number of nitrogens with zero attached hydrogens (tertiary/aromatic N) is 2. The Labute approximate surface area is 160 Å². The van der Waals surface area contributed by atoms with Gasteiger partial charge in [0.25, 0.3) is 5.56 Å². The molecule has 3 aromatic rings. The molecular formula is C22H18N2O2S. The Morgan fingerprint density at radius 1 is 1.19 bits per heavy atom. The Balaban J connectivity index is 1.63. The van der Waals surface area contributed by atoms with Crippen LogP contribution in [0.5, 0.6) is 5.75 Å². The van der Waals surface area contributed by atoms with Crippen LogP contribution in [0.25, 0.3) is 12.2 Å². The van der Waals surface area contributed by atoms with Crippen molar-refractivity contribution in [1.82, 2.24) is 4.57 Å². The van der Waals surface area contributed by atoms with Crippen molar-refractivity contribution in [2.24, 2.45) is 4.99 Å². The zero-order chi connectivity index (χ0) is 18.4. The van der Waals surface area contributed by atoms with Crippen LogP contribution >= 0.6 is 11.3 Å². The third-order valence-corrected chi connectivity index (χ3v) is 6.00. The molecule has 0 radical (unpaired) electrons. The lowest BCUT2D eigenvalue weighted by atomic mass is 9.93. The number of hydrogen-bond donors (Lipinski definition) is 0. The van der Waals surface area contributed by atoms with Crippen LogP contribution in [0.1, 0.15) is 30.5 Å². The minimum atomic E-state index is -0.618. The average molecular weight is 374 g/mol. The highest BCUT2D eigenvalue weighted by atomic mass is 32.1. The number of rotatable bonds is 2. The molecular weight excluding hydrogens is 356 g/mol. The second kappa shape index (κ2) is 6.06. The molecule has 0 N–H and O–H groups in total. The summed E-state index contributed by atoms with van der Waals surface area (Å²) in [5.74, 6) is 0.818. The highest BCUT2D eigenvalue weighted by Crippen LogP contribution is 2.42. The lowest BCUT2D eigenvalue weighted by Crippen LogP contribution is -2.49. The second-order valence-corrected chi connectivity index (χ2v) is 8.02. The van der Waals surface area contributed by atoms with Crippen molar-refractivity contribution in [3.8, 4) is 5.75 Å². The van der Waals surface area contributed by atoms with Crippen LogP contribution in [0, 0.1) is 0 Å². The van der Waals surface area contributed by atoms with E-state index in [9.17, 15) is 4.79 Å². The summed E-state index contributed by atoms with van der Waals surface area (Å²) in [5, 5.41) is 0. The van der Waals surface area contributed by atoms with Gasteiger partial charge in [-0.25, -0.2) is 4.99 Å². The van der Waals surface area contributed by atoms with Crippen molar-refractivity contribution in [2.75, 3.05) is 0 Å². The molecule has 0 saturated heterocycles. The fraction of sp³-hybridized carbons (Fsp3) is 0.182. The van der Waals surface area contributed by atoms with Gasteiger partial charge in [-0.3, -0.25) is 9.36 Å². The van der Waals surface area contributed by atoms with E-state index in [1.807, 2.05) is 84.3 Å². The molecule has 0 spiro atoms. The van der Waals surface area contributed by atoms with E-state index in [0.717, 1.165) is 21.7 Å². The molecule has 5 rings (SSSR count). The Kier molecular flexibility index (Phi) is 3.65. The van der Waals surface area contributed by atoms with Crippen LogP contribution in [0.4, 0.5) is 0 Å². The summed E-state index contributed by atoms with van der Waals surface area (Å²) in [6.07, 6.45) is 6.47. The molecule has 3 heterocycles. The van der Waals surface area contributed by atoms with E-state index in [0.29, 0.717) is 11.0 Å². The number of hydrogen-bond acceptors (Lipinski definition) is 4. The molecule has 2 aromatic carbocycles. The number of aromatic nitrogens is 1. The predicted molar refractivity (Wildman–Crippen MR) is 108 cm³/mol. The number of benzene rings is 2. The van der Waals surface area contributed by atoms with Crippen LogP contribution in [0.15, 0.2) is 70.5 Å². The van der Waals surface area contributed by atoms with Crippen LogP contribution < -0.4 is 19.6 Å². The fourth-order valence-corrected chi connectivity index (χ4v) is 4.84. The fourth-order valence-electron chi connectivity index (χ4n) is 3.76. The monoisotopic (exact) mass is 374 g/mol. The lowest BCUT2D eigenvalue weighted by molar-refractivity contribution is 0.0410. The van der Waals surface area contributed by atoms with E-state index >= 15 is 0 Å². The van der Waals surface area contributed by atoms with E-state index < -0.39 is 5.72 Å². The number of ether oxygens (including phenoxy) is 1. The minimum Gasteiger partial charge on any atom is -0.466 e. The third-order valence-electron chi connectivity index (χ3n) is 5.00. The average Bonchev–Trinajstić information content (AvgIpc) is 2.97. The molecule has 2 bridgehead atoms.